The Balaban J connectivity index is 0.00000162. The second-order valence-corrected chi connectivity index (χ2v) is 5.69. The zero-order valence-electron chi connectivity index (χ0n) is 10.8. The van der Waals surface area contributed by atoms with E-state index in [1.807, 2.05) is 0 Å². The highest BCUT2D eigenvalue weighted by molar-refractivity contribution is 5.85. The van der Waals surface area contributed by atoms with Gasteiger partial charge in [0.25, 0.3) is 0 Å². The molecule has 0 saturated carbocycles. The Morgan fingerprint density at radius 3 is 2.72 bits per heavy atom. The van der Waals surface area contributed by atoms with Gasteiger partial charge in [0.2, 0.25) is 0 Å². The molecule has 1 aromatic rings. The summed E-state index contributed by atoms with van der Waals surface area (Å²) >= 11 is 0. The minimum absolute atomic E-state index is 0. The van der Waals surface area contributed by atoms with Crippen LogP contribution in [0.4, 0.5) is 4.39 Å². The zero-order chi connectivity index (χ0) is 12.5. The van der Waals surface area contributed by atoms with E-state index in [1.165, 1.54) is 12.1 Å². The maximum atomic E-state index is 13.1. The monoisotopic (exact) mass is 273 g/mol. The molecule has 0 amide bonds. The number of aliphatic hydroxyl groups is 1. The van der Waals surface area contributed by atoms with Crippen LogP contribution in [0, 0.1) is 11.2 Å². The largest absolute Gasteiger partial charge is 0.387 e. The molecule has 2 nitrogen and oxygen atoms in total. The molecule has 1 aliphatic heterocycles. The normalized spacial score (nSPS) is 24.1. The summed E-state index contributed by atoms with van der Waals surface area (Å²) in [4.78, 5) is 0. The molecule has 2 atom stereocenters. The van der Waals surface area contributed by atoms with Gasteiger partial charge in [-0.25, -0.2) is 4.39 Å². The van der Waals surface area contributed by atoms with E-state index < -0.39 is 6.10 Å². The smallest absolute Gasteiger partial charge is 0.123 e. The van der Waals surface area contributed by atoms with Crippen molar-refractivity contribution in [3.05, 3.63) is 35.6 Å². The Bertz CT molecular complexity index is 387. The second-order valence-electron chi connectivity index (χ2n) is 5.69. The van der Waals surface area contributed by atoms with Gasteiger partial charge < -0.3 is 10.4 Å². The average molecular weight is 274 g/mol. The lowest BCUT2D eigenvalue weighted by Gasteiger charge is -2.37. The van der Waals surface area contributed by atoms with Gasteiger partial charge in [0.15, 0.2) is 0 Å². The quantitative estimate of drug-likeness (QED) is 0.868. The molecule has 1 saturated heterocycles. The van der Waals surface area contributed by atoms with Crippen LogP contribution in [0.15, 0.2) is 24.3 Å². The molecular formula is C14H21ClFNO. The van der Waals surface area contributed by atoms with Gasteiger partial charge in [0.05, 0.1) is 6.10 Å². The molecule has 0 aliphatic carbocycles. The predicted octanol–water partition coefficient (Wildman–Crippen LogP) is 3.06. The van der Waals surface area contributed by atoms with Crippen molar-refractivity contribution in [2.24, 2.45) is 5.41 Å². The number of nitrogens with one attached hydrogen (secondary N) is 1. The first-order valence-electron chi connectivity index (χ1n) is 6.15. The molecule has 1 fully saturated rings. The number of piperidine rings is 1. The number of hydrogen-bond acceptors (Lipinski definition) is 2. The van der Waals surface area contributed by atoms with Crippen LogP contribution in [-0.4, -0.2) is 17.7 Å². The Morgan fingerprint density at radius 2 is 2.17 bits per heavy atom. The Hall–Kier alpha value is -0.640. The molecule has 2 rings (SSSR count). The molecule has 0 spiro atoms. The van der Waals surface area contributed by atoms with Crippen molar-refractivity contribution in [1.82, 2.24) is 5.32 Å². The van der Waals surface area contributed by atoms with E-state index in [-0.39, 0.29) is 29.7 Å². The summed E-state index contributed by atoms with van der Waals surface area (Å²) < 4.78 is 13.1. The third-order valence-electron chi connectivity index (χ3n) is 3.55. The molecular weight excluding hydrogens is 253 g/mol. The van der Waals surface area contributed by atoms with Crippen LogP contribution >= 0.6 is 12.4 Å². The molecule has 0 aromatic heterocycles. The van der Waals surface area contributed by atoms with Gasteiger partial charge in [0, 0.05) is 12.6 Å². The Labute approximate surface area is 114 Å². The summed E-state index contributed by atoms with van der Waals surface area (Å²) in [5.41, 5.74) is 0.945. The van der Waals surface area contributed by atoms with Crippen LogP contribution in [0.25, 0.3) is 0 Å². The average Bonchev–Trinajstić information content (AvgIpc) is 2.28. The van der Waals surface area contributed by atoms with E-state index in [2.05, 4.69) is 19.2 Å². The third-order valence-corrected chi connectivity index (χ3v) is 3.55. The second kappa shape index (κ2) is 6.00. The molecule has 1 heterocycles. The fourth-order valence-corrected chi connectivity index (χ4v) is 2.34. The van der Waals surface area contributed by atoms with Gasteiger partial charge in [-0.15, -0.1) is 12.4 Å². The van der Waals surface area contributed by atoms with Crippen LogP contribution < -0.4 is 5.32 Å². The number of aliphatic hydroxyl groups excluding tert-OH is 1. The first kappa shape index (κ1) is 15.4. The highest BCUT2D eigenvalue weighted by Crippen LogP contribution is 2.31. The summed E-state index contributed by atoms with van der Waals surface area (Å²) in [5, 5.41) is 13.6. The van der Waals surface area contributed by atoms with E-state index in [4.69, 9.17) is 0 Å². The molecule has 4 heteroatoms. The van der Waals surface area contributed by atoms with Crippen LogP contribution in [0.3, 0.4) is 0 Å². The molecule has 0 bridgehead atoms. The lowest BCUT2D eigenvalue weighted by atomic mass is 9.80. The molecule has 0 radical (unpaired) electrons. The Kier molecular flexibility index (Phi) is 5.14. The van der Waals surface area contributed by atoms with E-state index in [1.54, 1.807) is 12.1 Å². The molecule has 1 aromatic carbocycles. The fourth-order valence-electron chi connectivity index (χ4n) is 2.34. The van der Waals surface area contributed by atoms with E-state index in [0.29, 0.717) is 5.56 Å². The van der Waals surface area contributed by atoms with Crippen LogP contribution in [0.1, 0.15) is 38.4 Å². The molecule has 102 valence electrons. The molecule has 2 N–H and O–H groups in total. The minimum atomic E-state index is -0.623. The van der Waals surface area contributed by atoms with Crippen molar-refractivity contribution in [2.45, 2.75) is 38.8 Å². The fraction of sp³-hybridized carbons (Fsp3) is 0.571. The van der Waals surface area contributed by atoms with Gasteiger partial charge in [-0.1, -0.05) is 26.0 Å². The zero-order valence-corrected chi connectivity index (χ0v) is 11.6. The van der Waals surface area contributed by atoms with Crippen molar-refractivity contribution in [2.75, 3.05) is 6.54 Å². The lowest BCUT2D eigenvalue weighted by molar-refractivity contribution is 0.0867. The summed E-state index contributed by atoms with van der Waals surface area (Å²) in [6.07, 6.45) is 1.38. The van der Waals surface area contributed by atoms with Crippen LogP contribution in [0.5, 0.6) is 0 Å². The first-order chi connectivity index (χ1) is 7.98. The van der Waals surface area contributed by atoms with Crippen LogP contribution in [0.2, 0.25) is 0 Å². The number of halogens is 2. The maximum absolute atomic E-state index is 13.1. The summed E-state index contributed by atoms with van der Waals surface area (Å²) in [6, 6.07) is 6.25. The predicted molar refractivity (Wildman–Crippen MR) is 73.4 cm³/mol. The highest BCUT2D eigenvalue weighted by atomic mass is 35.5. The van der Waals surface area contributed by atoms with E-state index in [0.717, 1.165) is 19.4 Å². The summed E-state index contributed by atoms with van der Waals surface area (Å²) in [5.74, 6) is -0.294. The molecule has 1 aliphatic rings. The summed E-state index contributed by atoms with van der Waals surface area (Å²) in [6.45, 7) is 5.32. The van der Waals surface area contributed by atoms with E-state index >= 15 is 0 Å². The van der Waals surface area contributed by atoms with Crippen molar-refractivity contribution in [3.8, 4) is 0 Å². The van der Waals surface area contributed by atoms with Crippen molar-refractivity contribution in [1.29, 1.82) is 0 Å². The highest BCUT2D eigenvalue weighted by Gasteiger charge is 2.30. The third kappa shape index (κ3) is 3.67. The maximum Gasteiger partial charge on any atom is 0.123 e. The van der Waals surface area contributed by atoms with Gasteiger partial charge in [-0.3, -0.25) is 0 Å². The minimum Gasteiger partial charge on any atom is -0.387 e. The van der Waals surface area contributed by atoms with Gasteiger partial charge in [-0.2, -0.15) is 0 Å². The van der Waals surface area contributed by atoms with Crippen molar-refractivity contribution >= 4 is 12.4 Å². The number of rotatable bonds is 2. The van der Waals surface area contributed by atoms with Crippen molar-refractivity contribution < 1.29 is 9.50 Å². The Morgan fingerprint density at radius 1 is 1.44 bits per heavy atom. The number of hydrogen-bond donors (Lipinski definition) is 2. The topological polar surface area (TPSA) is 32.3 Å². The van der Waals surface area contributed by atoms with E-state index in [9.17, 15) is 9.50 Å². The summed E-state index contributed by atoms with van der Waals surface area (Å²) in [7, 11) is 0. The first-order valence-corrected chi connectivity index (χ1v) is 6.15. The molecule has 18 heavy (non-hydrogen) atoms. The standard InChI is InChI=1S/C14H20FNO.ClH/c1-14(2)7-6-12(16-9-14)13(17)10-4-3-5-11(15)8-10;/h3-5,8,12-13,16-17H,6-7,9H2,1-2H3;1H/t12-,13+;/m1./s1. The molecule has 0 unspecified atom stereocenters. The lowest BCUT2D eigenvalue weighted by Crippen LogP contribution is -2.46. The van der Waals surface area contributed by atoms with Crippen molar-refractivity contribution in [3.63, 3.8) is 0 Å². The van der Waals surface area contributed by atoms with Gasteiger partial charge >= 0.3 is 0 Å². The number of benzene rings is 1. The van der Waals surface area contributed by atoms with Gasteiger partial charge in [0.1, 0.15) is 5.82 Å². The SMILES string of the molecule is CC1(C)CC[C@H]([C@@H](O)c2cccc(F)c2)NC1.Cl. The van der Waals surface area contributed by atoms with Crippen LogP contribution in [-0.2, 0) is 0 Å². The van der Waals surface area contributed by atoms with Gasteiger partial charge in [-0.05, 0) is 36.0 Å².